The van der Waals surface area contributed by atoms with E-state index in [1.54, 1.807) is 13.2 Å². The van der Waals surface area contributed by atoms with Crippen LogP contribution in [0.15, 0.2) is 30.5 Å². The zero-order valence-electron chi connectivity index (χ0n) is 11.8. The minimum absolute atomic E-state index is 0.255. The molecule has 0 saturated heterocycles. The molecule has 6 nitrogen and oxygen atoms in total. The van der Waals surface area contributed by atoms with Crippen molar-refractivity contribution in [2.45, 2.75) is 18.9 Å². The minimum atomic E-state index is -1.03. The number of carbonyl (C=O) groups excluding carboxylic acids is 1. The van der Waals surface area contributed by atoms with E-state index in [0.29, 0.717) is 6.54 Å². The average Bonchev–Trinajstić information content (AvgIpc) is 2.87. The molecule has 0 fully saturated rings. The Morgan fingerprint density at radius 3 is 2.81 bits per heavy atom. The molecule has 0 spiro atoms. The van der Waals surface area contributed by atoms with Gasteiger partial charge in [0.05, 0.1) is 0 Å². The van der Waals surface area contributed by atoms with Gasteiger partial charge in [-0.2, -0.15) is 0 Å². The Morgan fingerprint density at radius 1 is 1.33 bits per heavy atom. The predicted octanol–water partition coefficient (Wildman–Crippen LogP) is 0.889. The number of benzene rings is 1. The molecule has 0 saturated carbocycles. The van der Waals surface area contributed by atoms with Crippen LogP contribution in [0.5, 0.6) is 0 Å². The van der Waals surface area contributed by atoms with Crippen molar-refractivity contribution in [2.24, 2.45) is 0 Å². The van der Waals surface area contributed by atoms with E-state index in [9.17, 15) is 14.7 Å². The van der Waals surface area contributed by atoms with E-state index in [1.807, 2.05) is 24.3 Å². The van der Waals surface area contributed by atoms with Gasteiger partial charge in [-0.15, -0.1) is 0 Å². The van der Waals surface area contributed by atoms with Crippen molar-refractivity contribution in [1.29, 1.82) is 0 Å². The summed E-state index contributed by atoms with van der Waals surface area (Å²) in [6.07, 6.45) is 2.30. The van der Waals surface area contributed by atoms with Crippen LogP contribution in [0.2, 0.25) is 0 Å². The second-order valence-electron chi connectivity index (χ2n) is 4.88. The maximum atomic E-state index is 11.7. The summed E-state index contributed by atoms with van der Waals surface area (Å²) < 4.78 is 0. The highest BCUT2D eigenvalue weighted by Gasteiger charge is 2.21. The van der Waals surface area contributed by atoms with Crippen molar-refractivity contribution in [3.05, 3.63) is 36.0 Å². The molecule has 21 heavy (non-hydrogen) atoms. The minimum Gasteiger partial charge on any atom is -0.480 e. The molecule has 0 aliphatic rings. The van der Waals surface area contributed by atoms with E-state index in [2.05, 4.69) is 15.6 Å². The third kappa shape index (κ3) is 3.82. The smallest absolute Gasteiger partial charge is 0.326 e. The van der Waals surface area contributed by atoms with Gasteiger partial charge in [0.1, 0.15) is 6.04 Å². The highest BCUT2D eigenvalue weighted by molar-refractivity contribution is 5.86. The first-order valence-corrected chi connectivity index (χ1v) is 6.83. The lowest BCUT2D eigenvalue weighted by Gasteiger charge is -2.14. The first kappa shape index (κ1) is 15.1. The van der Waals surface area contributed by atoms with Crippen LogP contribution in [0.4, 0.5) is 0 Å². The molecule has 1 atom stereocenters. The SMILES string of the molecule is CNCCC(=O)N[C@@H](Cc1c[nH]c2ccccc12)C(=O)O. The summed E-state index contributed by atoms with van der Waals surface area (Å²) in [5.74, 6) is -1.30. The molecule has 1 aromatic carbocycles. The number of fused-ring (bicyclic) bond motifs is 1. The lowest BCUT2D eigenvalue weighted by Crippen LogP contribution is -2.42. The van der Waals surface area contributed by atoms with Gasteiger partial charge in [-0.05, 0) is 18.7 Å². The van der Waals surface area contributed by atoms with Gasteiger partial charge < -0.3 is 20.7 Å². The van der Waals surface area contributed by atoms with Crippen LogP contribution in [0.1, 0.15) is 12.0 Å². The number of aromatic nitrogens is 1. The lowest BCUT2D eigenvalue weighted by molar-refractivity contribution is -0.141. The Balaban J connectivity index is 2.09. The highest BCUT2D eigenvalue weighted by Crippen LogP contribution is 2.19. The number of rotatable bonds is 7. The van der Waals surface area contributed by atoms with E-state index >= 15 is 0 Å². The van der Waals surface area contributed by atoms with Crippen LogP contribution in [0.25, 0.3) is 10.9 Å². The number of amides is 1. The topological polar surface area (TPSA) is 94.2 Å². The average molecular weight is 289 g/mol. The lowest BCUT2D eigenvalue weighted by atomic mass is 10.0. The van der Waals surface area contributed by atoms with Gasteiger partial charge in [-0.25, -0.2) is 4.79 Å². The molecule has 0 bridgehead atoms. The molecule has 1 aromatic heterocycles. The van der Waals surface area contributed by atoms with Gasteiger partial charge in [0, 0.05) is 36.5 Å². The van der Waals surface area contributed by atoms with Crippen LogP contribution in [0.3, 0.4) is 0 Å². The number of para-hydroxylation sites is 1. The van der Waals surface area contributed by atoms with Crippen LogP contribution >= 0.6 is 0 Å². The number of nitrogens with one attached hydrogen (secondary N) is 3. The van der Waals surface area contributed by atoms with E-state index in [-0.39, 0.29) is 18.7 Å². The van der Waals surface area contributed by atoms with Gasteiger partial charge in [-0.1, -0.05) is 18.2 Å². The molecule has 0 unspecified atom stereocenters. The second-order valence-corrected chi connectivity index (χ2v) is 4.88. The number of H-pyrrole nitrogens is 1. The third-order valence-corrected chi connectivity index (χ3v) is 3.33. The van der Waals surface area contributed by atoms with Crippen LogP contribution in [-0.2, 0) is 16.0 Å². The van der Waals surface area contributed by atoms with Crippen molar-refractivity contribution in [2.75, 3.05) is 13.6 Å². The largest absolute Gasteiger partial charge is 0.480 e. The fraction of sp³-hybridized carbons (Fsp3) is 0.333. The molecular weight excluding hydrogens is 270 g/mol. The van der Waals surface area contributed by atoms with Crippen molar-refractivity contribution in [1.82, 2.24) is 15.6 Å². The second kappa shape index (κ2) is 6.90. The number of hydrogen-bond acceptors (Lipinski definition) is 3. The molecule has 4 N–H and O–H groups in total. The van der Waals surface area contributed by atoms with Gasteiger partial charge in [-0.3, -0.25) is 4.79 Å². The summed E-state index contributed by atoms with van der Waals surface area (Å²) in [4.78, 5) is 26.1. The molecule has 0 radical (unpaired) electrons. The van der Waals surface area contributed by atoms with Crippen molar-refractivity contribution < 1.29 is 14.7 Å². The Kier molecular flexibility index (Phi) is 4.94. The molecule has 112 valence electrons. The summed E-state index contributed by atoms with van der Waals surface area (Å²) in [5.41, 5.74) is 1.84. The van der Waals surface area contributed by atoms with Gasteiger partial charge in [0.15, 0.2) is 0 Å². The Labute approximate surface area is 122 Å². The van der Waals surface area contributed by atoms with Crippen molar-refractivity contribution >= 4 is 22.8 Å². The van der Waals surface area contributed by atoms with Gasteiger partial charge >= 0.3 is 5.97 Å². The first-order valence-electron chi connectivity index (χ1n) is 6.83. The van der Waals surface area contributed by atoms with Crippen molar-refractivity contribution in [3.8, 4) is 0 Å². The van der Waals surface area contributed by atoms with E-state index in [4.69, 9.17) is 0 Å². The maximum absolute atomic E-state index is 11.7. The van der Waals surface area contributed by atoms with Crippen molar-refractivity contribution in [3.63, 3.8) is 0 Å². The fourth-order valence-corrected chi connectivity index (χ4v) is 2.23. The summed E-state index contributed by atoms with van der Waals surface area (Å²) in [6.45, 7) is 0.519. The summed E-state index contributed by atoms with van der Waals surface area (Å²) in [6, 6.07) is 6.76. The zero-order chi connectivity index (χ0) is 15.2. The summed E-state index contributed by atoms with van der Waals surface area (Å²) in [5, 5.41) is 15.7. The fourth-order valence-electron chi connectivity index (χ4n) is 2.23. The van der Waals surface area contributed by atoms with Crippen LogP contribution in [0, 0.1) is 0 Å². The number of carbonyl (C=O) groups is 2. The molecule has 1 amide bonds. The van der Waals surface area contributed by atoms with E-state index in [1.165, 1.54) is 0 Å². The van der Waals surface area contributed by atoms with Crippen LogP contribution in [-0.4, -0.2) is 41.6 Å². The number of aromatic amines is 1. The number of aliphatic carboxylic acids is 1. The standard InChI is InChI=1S/C15H19N3O3/c1-16-7-6-14(19)18-13(15(20)21)8-10-9-17-12-5-3-2-4-11(10)12/h2-5,9,13,16-17H,6-8H2,1H3,(H,18,19)(H,20,21)/t13-/m0/s1. The van der Waals surface area contributed by atoms with E-state index < -0.39 is 12.0 Å². The van der Waals surface area contributed by atoms with Gasteiger partial charge in [0.25, 0.3) is 0 Å². The molecule has 1 heterocycles. The molecule has 0 aliphatic heterocycles. The Hall–Kier alpha value is -2.34. The number of carboxylic acid groups (broad SMARTS) is 1. The molecule has 2 aromatic rings. The molecular formula is C15H19N3O3. The van der Waals surface area contributed by atoms with Gasteiger partial charge in [0.2, 0.25) is 5.91 Å². The normalized spacial score (nSPS) is 12.2. The Bertz CT molecular complexity index is 636. The number of hydrogen-bond donors (Lipinski definition) is 4. The molecule has 0 aliphatic carbocycles. The zero-order valence-corrected chi connectivity index (χ0v) is 11.8. The highest BCUT2D eigenvalue weighted by atomic mass is 16.4. The first-order chi connectivity index (χ1) is 10.1. The molecule has 6 heteroatoms. The predicted molar refractivity (Wildman–Crippen MR) is 80.1 cm³/mol. The summed E-state index contributed by atoms with van der Waals surface area (Å²) in [7, 11) is 1.74. The Morgan fingerprint density at radius 2 is 2.10 bits per heavy atom. The summed E-state index contributed by atoms with van der Waals surface area (Å²) >= 11 is 0. The third-order valence-electron chi connectivity index (χ3n) is 3.33. The van der Waals surface area contributed by atoms with Crippen LogP contribution < -0.4 is 10.6 Å². The molecule has 2 rings (SSSR count). The number of carboxylic acids is 1. The maximum Gasteiger partial charge on any atom is 0.326 e. The monoisotopic (exact) mass is 289 g/mol. The van der Waals surface area contributed by atoms with E-state index in [0.717, 1.165) is 16.5 Å². The quantitative estimate of drug-likeness (QED) is 0.609.